The van der Waals surface area contributed by atoms with Crippen LogP contribution in [0.3, 0.4) is 0 Å². The van der Waals surface area contributed by atoms with E-state index in [0.29, 0.717) is 10.7 Å². The van der Waals surface area contributed by atoms with E-state index >= 15 is 0 Å². The molecule has 1 aliphatic rings. The van der Waals surface area contributed by atoms with Crippen LogP contribution < -0.4 is 5.56 Å². The van der Waals surface area contributed by atoms with Gasteiger partial charge < -0.3 is 4.90 Å². The summed E-state index contributed by atoms with van der Waals surface area (Å²) in [5.41, 5.74) is 2.98. The van der Waals surface area contributed by atoms with E-state index in [1.54, 1.807) is 0 Å². The molecule has 1 aromatic carbocycles. The minimum Gasteiger partial charge on any atom is -0.303 e. The van der Waals surface area contributed by atoms with Crippen molar-refractivity contribution in [2.24, 2.45) is 5.10 Å². The van der Waals surface area contributed by atoms with E-state index < -0.39 is 0 Å². The number of hydrogen-bond donors (Lipinski definition) is 1. The molecule has 0 atom stereocenters. The van der Waals surface area contributed by atoms with Crippen molar-refractivity contribution in [1.82, 2.24) is 24.7 Å². The molecule has 3 heterocycles. The predicted octanol–water partition coefficient (Wildman–Crippen LogP) is 2.06. The second-order valence-electron chi connectivity index (χ2n) is 6.66. The summed E-state index contributed by atoms with van der Waals surface area (Å²) in [7, 11) is 2.11. The van der Waals surface area contributed by atoms with Gasteiger partial charge in [-0.05, 0) is 33.0 Å². The number of para-hydroxylation sites is 1. The maximum absolute atomic E-state index is 13.0. The minimum absolute atomic E-state index is 0.100. The van der Waals surface area contributed by atoms with Crippen molar-refractivity contribution in [2.75, 3.05) is 33.2 Å². The van der Waals surface area contributed by atoms with Crippen LogP contribution in [0, 0.1) is 6.92 Å². The molecular formula is C18H22N6OS. The largest absolute Gasteiger partial charge is 0.303 e. The Kier molecular flexibility index (Phi) is 4.37. The molecule has 0 bridgehead atoms. The number of hydrogen-bond acceptors (Lipinski definition) is 6. The highest BCUT2D eigenvalue weighted by molar-refractivity contribution is 7.20. The molecule has 8 heteroatoms. The lowest BCUT2D eigenvalue weighted by Gasteiger charge is -2.30. The third kappa shape index (κ3) is 3.06. The van der Waals surface area contributed by atoms with Gasteiger partial charge in [-0.3, -0.25) is 14.9 Å². The number of aromatic amines is 1. The zero-order valence-corrected chi connectivity index (χ0v) is 16.0. The first-order valence-corrected chi connectivity index (χ1v) is 9.51. The van der Waals surface area contributed by atoms with Gasteiger partial charge in [0.2, 0.25) is 5.13 Å². The predicted molar refractivity (Wildman–Crippen MR) is 106 cm³/mol. The first-order valence-electron chi connectivity index (χ1n) is 8.69. The molecule has 0 radical (unpaired) electrons. The number of aryl methyl sites for hydroxylation is 1. The van der Waals surface area contributed by atoms with Crippen LogP contribution in [0.2, 0.25) is 0 Å². The smallest absolute Gasteiger partial charge is 0.282 e. The number of rotatable bonds is 3. The third-order valence-electron chi connectivity index (χ3n) is 4.68. The Morgan fingerprint density at radius 1 is 1.23 bits per heavy atom. The molecule has 1 aliphatic heterocycles. The van der Waals surface area contributed by atoms with Crippen LogP contribution >= 0.6 is 11.3 Å². The van der Waals surface area contributed by atoms with E-state index in [0.717, 1.165) is 47.8 Å². The summed E-state index contributed by atoms with van der Waals surface area (Å²) in [4.78, 5) is 19.8. The second-order valence-corrected chi connectivity index (χ2v) is 7.67. The molecule has 0 unspecified atom stereocenters. The Morgan fingerprint density at radius 2 is 1.96 bits per heavy atom. The summed E-state index contributed by atoms with van der Waals surface area (Å²) >= 11 is 1.50. The van der Waals surface area contributed by atoms with E-state index in [2.05, 4.69) is 27.1 Å². The van der Waals surface area contributed by atoms with Gasteiger partial charge in [-0.15, -0.1) is 0 Å². The summed E-state index contributed by atoms with van der Waals surface area (Å²) in [5.74, 6) is 0. The van der Waals surface area contributed by atoms with Crippen molar-refractivity contribution in [3.05, 3.63) is 45.9 Å². The Bertz CT molecular complexity index is 989. The van der Waals surface area contributed by atoms with Gasteiger partial charge in [0.05, 0.1) is 21.5 Å². The van der Waals surface area contributed by atoms with E-state index in [1.165, 1.54) is 16.0 Å². The van der Waals surface area contributed by atoms with Crippen LogP contribution in [0.5, 0.6) is 0 Å². The average Bonchev–Trinajstić information content (AvgIpc) is 3.17. The lowest BCUT2D eigenvalue weighted by Crippen LogP contribution is -2.42. The molecule has 0 amide bonds. The van der Waals surface area contributed by atoms with Crippen molar-refractivity contribution < 1.29 is 0 Å². The summed E-state index contributed by atoms with van der Waals surface area (Å²) < 4.78 is 2.59. The molecule has 26 heavy (non-hydrogen) atoms. The van der Waals surface area contributed by atoms with E-state index in [4.69, 9.17) is 0 Å². The summed E-state index contributed by atoms with van der Waals surface area (Å²) in [6.07, 6.45) is 0. The highest BCUT2D eigenvalue weighted by Gasteiger charge is 2.19. The number of piperazine rings is 1. The lowest BCUT2D eigenvalue weighted by molar-refractivity contribution is 0.159. The van der Waals surface area contributed by atoms with Crippen molar-refractivity contribution in [3.8, 4) is 5.13 Å². The van der Waals surface area contributed by atoms with Gasteiger partial charge in [-0.2, -0.15) is 9.78 Å². The molecule has 0 saturated carbocycles. The van der Waals surface area contributed by atoms with E-state index in [9.17, 15) is 4.79 Å². The van der Waals surface area contributed by atoms with Gasteiger partial charge in [0.25, 0.3) is 5.56 Å². The molecule has 0 aliphatic carbocycles. The molecular weight excluding hydrogens is 348 g/mol. The van der Waals surface area contributed by atoms with Crippen LogP contribution in [0.1, 0.15) is 18.2 Å². The Morgan fingerprint density at radius 3 is 2.69 bits per heavy atom. The van der Waals surface area contributed by atoms with Crippen LogP contribution in [0.25, 0.3) is 15.3 Å². The number of hydrazone groups is 1. The molecule has 0 spiro atoms. The molecule has 1 N–H and O–H groups in total. The number of likely N-dealkylation sites (N-methyl/N-ethyl adjacent to an activating group) is 1. The minimum atomic E-state index is -0.100. The third-order valence-corrected chi connectivity index (χ3v) is 5.70. The van der Waals surface area contributed by atoms with Crippen molar-refractivity contribution in [1.29, 1.82) is 0 Å². The van der Waals surface area contributed by atoms with Crippen molar-refractivity contribution in [3.63, 3.8) is 0 Å². The maximum atomic E-state index is 13.0. The number of aromatic nitrogens is 3. The Hall–Kier alpha value is -2.45. The van der Waals surface area contributed by atoms with Gasteiger partial charge in [0.1, 0.15) is 0 Å². The number of nitrogens with one attached hydrogen (secondary N) is 1. The highest BCUT2D eigenvalue weighted by Crippen LogP contribution is 2.23. The molecule has 3 aromatic rings. The van der Waals surface area contributed by atoms with Crippen molar-refractivity contribution in [2.45, 2.75) is 13.8 Å². The van der Waals surface area contributed by atoms with Gasteiger partial charge >= 0.3 is 0 Å². The number of thiazole rings is 1. The topological polar surface area (TPSA) is 69.5 Å². The van der Waals surface area contributed by atoms with Crippen LogP contribution in [-0.2, 0) is 0 Å². The zero-order chi connectivity index (χ0) is 18.3. The summed E-state index contributed by atoms with van der Waals surface area (Å²) in [6.45, 7) is 7.53. The molecule has 1 saturated heterocycles. The number of fused-ring (bicyclic) bond motifs is 1. The maximum Gasteiger partial charge on any atom is 0.282 e. The van der Waals surface area contributed by atoms with Gasteiger partial charge in [0.15, 0.2) is 0 Å². The fourth-order valence-corrected chi connectivity index (χ4v) is 4.15. The normalized spacial score (nSPS) is 16.6. The fourth-order valence-electron chi connectivity index (χ4n) is 3.22. The van der Waals surface area contributed by atoms with E-state index in [1.807, 2.05) is 43.1 Å². The van der Waals surface area contributed by atoms with Crippen LogP contribution in [0.4, 0.5) is 0 Å². The summed E-state index contributed by atoms with van der Waals surface area (Å²) in [6, 6.07) is 7.90. The SMILES string of the molecule is C/C(=N\N1CCN(C)CC1)c1c(C)[nH]n(-c2nc3ccccc3s2)c1=O. The standard InChI is InChI=1S/C18H22N6OS/c1-12(20-23-10-8-22(3)9-11-23)16-13(2)21-24(17(16)25)18-19-14-6-4-5-7-15(14)26-18/h4-7,21H,8-11H2,1-3H3/b20-12+. The monoisotopic (exact) mass is 370 g/mol. The highest BCUT2D eigenvalue weighted by atomic mass is 32.1. The van der Waals surface area contributed by atoms with Gasteiger partial charge in [-0.1, -0.05) is 23.5 Å². The fraction of sp³-hybridized carbons (Fsp3) is 0.389. The van der Waals surface area contributed by atoms with Crippen LogP contribution in [0.15, 0.2) is 34.2 Å². The number of nitrogens with zero attached hydrogens (tertiary/aromatic N) is 5. The van der Waals surface area contributed by atoms with Gasteiger partial charge in [-0.25, -0.2) is 4.98 Å². The van der Waals surface area contributed by atoms with Crippen LogP contribution in [-0.4, -0.2) is 63.6 Å². The molecule has 7 nitrogen and oxygen atoms in total. The Balaban J connectivity index is 1.69. The molecule has 2 aromatic heterocycles. The first-order chi connectivity index (χ1) is 12.5. The number of benzene rings is 1. The quantitative estimate of drug-likeness (QED) is 0.717. The average molecular weight is 370 g/mol. The second kappa shape index (κ2) is 6.69. The van der Waals surface area contributed by atoms with Gasteiger partial charge in [0, 0.05) is 31.9 Å². The molecule has 136 valence electrons. The molecule has 1 fully saturated rings. The zero-order valence-electron chi connectivity index (χ0n) is 15.2. The van der Waals surface area contributed by atoms with Crippen molar-refractivity contribution >= 4 is 27.3 Å². The first kappa shape index (κ1) is 17.0. The lowest BCUT2D eigenvalue weighted by atomic mass is 10.2. The van der Waals surface area contributed by atoms with E-state index in [-0.39, 0.29) is 5.56 Å². The Labute approximate surface area is 155 Å². The number of H-pyrrole nitrogens is 1. The molecule has 4 rings (SSSR count). The summed E-state index contributed by atoms with van der Waals surface area (Å²) in [5, 5.41) is 10.5.